The minimum absolute atomic E-state index is 0.831. The van der Waals surface area contributed by atoms with Gasteiger partial charge in [0.05, 0.1) is 0 Å². The molecule has 0 aromatic heterocycles. The largest absolute Gasteiger partial charge is 0.319 e. The Hall–Kier alpha value is -0.180. The topological polar surface area (TPSA) is 12.0 Å². The van der Waals surface area contributed by atoms with Gasteiger partial charge in [0.15, 0.2) is 0 Å². The first-order valence-electron chi connectivity index (χ1n) is 4.24. The maximum Gasteiger partial charge on any atom is 0.0419 e. The zero-order valence-electron chi connectivity index (χ0n) is 7.93. The van der Waals surface area contributed by atoms with E-state index in [4.69, 9.17) is 11.6 Å². The van der Waals surface area contributed by atoms with Crippen LogP contribution in [0.3, 0.4) is 0 Å². The Labute approximate surface area is 88.9 Å². The first kappa shape index (κ1) is 10.9. The van der Waals surface area contributed by atoms with Crippen LogP contribution in [0.1, 0.15) is 5.56 Å². The van der Waals surface area contributed by atoms with Crippen molar-refractivity contribution in [2.45, 2.75) is 11.3 Å². The molecular weight excluding hydrogens is 202 g/mol. The number of thioether (sulfide) groups is 1. The number of hydrogen-bond acceptors (Lipinski definition) is 2. The lowest BCUT2D eigenvalue weighted by Gasteiger charge is -2.04. The molecule has 0 fully saturated rings. The summed E-state index contributed by atoms with van der Waals surface area (Å²) < 4.78 is 0. The Kier molecular flexibility index (Phi) is 4.64. The van der Waals surface area contributed by atoms with E-state index in [1.165, 1.54) is 10.5 Å². The SMILES string of the molecule is CNCCc1cc(Cl)cc(SC)c1. The highest BCUT2D eigenvalue weighted by atomic mass is 35.5. The first-order chi connectivity index (χ1) is 6.26. The highest BCUT2D eigenvalue weighted by Gasteiger charge is 1.98. The van der Waals surface area contributed by atoms with E-state index in [2.05, 4.69) is 17.6 Å². The van der Waals surface area contributed by atoms with Crippen LogP contribution in [-0.4, -0.2) is 19.8 Å². The van der Waals surface area contributed by atoms with Crippen LogP contribution in [0.2, 0.25) is 5.02 Å². The fourth-order valence-corrected chi connectivity index (χ4v) is 1.99. The molecule has 0 saturated carbocycles. The molecule has 1 nitrogen and oxygen atoms in total. The van der Waals surface area contributed by atoms with Crippen molar-refractivity contribution >= 4 is 23.4 Å². The minimum atomic E-state index is 0.831. The van der Waals surface area contributed by atoms with E-state index in [1.807, 2.05) is 19.2 Å². The Balaban J connectivity index is 2.76. The Bertz CT molecular complexity index is 276. The van der Waals surface area contributed by atoms with Crippen molar-refractivity contribution in [2.24, 2.45) is 0 Å². The molecule has 0 radical (unpaired) electrons. The molecule has 0 aliphatic rings. The highest BCUT2D eigenvalue weighted by molar-refractivity contribution is 7.98. The maximum absolute atomic E-state index is 5.97. The van der Waals surface area contributed by atoms with Gasteiger partial charge in [-0.3, -0.25) is 0 Å². The molecule has 0 amide bonds. The van der Waals surface area contributed by atoms with Crippen LogP contribution in [0, 0.1) is 0 Å². The first-order valence-corrected chi connectivity index (χ1v) is 5.84. The Morgan fingerprint density at radius 2 is 2.15 bits per heavy atom. The molecule has 3 heteroatoms. The number of rotatable bonds is 4. The van der Waals surface area contributed by atoms with Crippen molar-refractivity contribution in [3.8, 4) is 0 Å². The predicted octanol–water partition coefficient (Wildman–Crippen LogP) is 2.82. The van der Waals surface area contributed by atoms with E-state index >= 15 is 0 Å². The van der Waals surface area contributed by atoms with E-state index in [1.54, 1.807) is 11.8 Å². The minimum Gasteiger partial charge on any atom is -0.319 e. The molecule has 0 heterocycles. The molecule has 72 valence electrons. The van der Waals surface area contributed by atoms with E-state index in [9.17, 15) is 0 Å². The lowest BCUT2D eigenvalue weighted by Crippen LogP contribution is -2.10. The molecule has 0 atom stereocenters. The van der Waals surface area contributed by atoms with Gasteiger partial charge in [-0.05, 0) is 50.0 Å². The molecule has 1 N–H and O–H groups in total. The molecule has 0 spiro atoms. The van der Waals surface area contributed by atoms with Crippen molar-refractivity contribution in [1.82, 2.24) is 5.32 Å². The van der Waals surface area contributed by atoms with Gasteiger partial charge in [-0.1, -0.05) is 11.6 Å². The second kappa shape index (κ2) is 5.53. The van der Waals surface area contributed by atoms with Gasteiger partial charge >= 0.3 is 0 Å². The van der Waals surface area contributed by atoms with Crippen LogP contribution >= 0.6 is 23.4 Å². The van der Waals surface area contributed by atoms with Gasteiger partial charge < -0.3 is 5.32 Å². The van der Waals surface area contributed by atoms with Crippen LogP contribution in [0.5, 0.6) is 0 Å². The summed E-state index contributed by atoms with van der Waals surface area (Å²) in [6, 6.07) is 6.21. The van der Waals surface area contributed by atoms with Crippen molar-refractivity contribution in [2.75, 3.05) is 19.8 Å². The summed E-state index contributed by atoms with van der Waals surface area (Å²) in [5.41, 5.74) is 1.30. The standard InChI is InChI=1S/C10H14ClNS/c1-12-4-3-8-5-9(11)7-10(6-8)13-2/h5-7,12H,3-4H2,1-2H3. The maximum atomic E-state index is 5.97. The quantitative estimate of drug-likeness (QED) is 0.776. The third-order valence-corrected chi connectivity index (χ3v) is 2.76. The fraction of sp³-hybridized carbons (Fsp3) is 0.400. The third-order valence-electron chi connectivity index (χ3n) is 1.83. The van der Waals surface area contributed by atoms with Crippen molar-refractivity contribution < 1.29 is 0 Å². The second-order valence-corrected chi connectivity index (χ2v) is 4.17. The summed E-state index contributed by atoms with van der Waals surface area (Å²) in [6.07, 6.45) is 3.10. The molecular formula is C10H14ClNS. The summed E-state index contributed by atoms with van der Waals surface area (Å²) in [4.78, 5) is 1.23. The van der Waals surface area contributed by atoms with Crippen LogP contribution in [0.15, 0.2) is 23.1 Å². The molecule has 0 unspecified atom stereocenters. The van der Waals surface area contributed by atoms with Crippen molar-refractivity contribution in [1.29, 1.82) is 0 Å². The molecule has 0 bridgehead atoms. The van der Waals surface area contributed by atoms with Crippen LogP contribution < -0.4 is 5.32 Å². The van der Waals surface area contributed by atoms with E-state index in [-0.39, 0.29) is 0 Å². The van der Waals surface area contributed by atoms with Gasteiger partial charge in [0.1, 0.15) is 0 Å². The average Bonchev–Trinajstić information content (AvgIpc) is 2.14. The monoisotopic (exact) mass is 215 g/mol. The van der Waals surface area contributed by atoms with Gasteiger partial charge in [0, 0.05) is 9.92 Å². The van der Waals surface area contributed by atoms with E-state index in [0.717, 1.165) is 18.0 Å². The zero-order chi connectivity index (χ0) is 9.68. The average molecular weight is 216 g/mol. The number of likely N-dealkylation sites (N-methyl/N-ethyl adjacent to an activating group) is 1. The Morgan fingerprint density at radius 3 is 2.77 bits per heavy atom. The lowest BCUT2D eigenvalue weighted by molar-refractivity contribution is 0.790. The van der Waals surface area contributed by atoms with Gasteiger partial charge in [-0.25, -0.2) is 0 Å². The molecule has 0 saturated heterocycles. The van der Waals surface area contributed by atoms with Gasteiger partial charge in [-0.2, -0.15) is 0 Å². The summed E-state index contributed by atoms with van der Waals surface area (Å²) >= 11 is 7.70. The number of halogens is 1. The molecule has 0 aliphatic carbocycles. The third kappa shape index (κ3) is 3.59. The number of nitrogens with one attached hydrogen (secondary N) is 1. The molecule has 1 aromatic carbocycles. The predicted molar refractivity (Wildman–Crippen MR) is 60.9 cm³/mol. The van der Waals surface area contributed by atoms with Crippen LogP contribution in [0.25, 0.3) is 0 Å². The fourth-order valence-electron chi connectivity index (χ4n) is 1.15. The molecule has 0 aliphatic heterocycles. The highest BCUT2D eigenvalue weighted by Crippen LogP contribution is 2.22. The van der Waals surface area contributed by atoms with Crippen LogP contribution in [0.4, 0.5) is 0 Å². The van der Waals surface area contributed by atoms with Gasteiger partial charge in [-0.15, -0.1) is 11.8 Å². The number of benzene rings is 1. The normalized spacial score (nSPS) is 10.4. The van der Waals surface area contributed by atoms with E-state index in [0.29, 0.717) is 0 Å². The second-order valence-electron chi connectivity index (χ2n) is 2.85. The smallest absolute Gasteiger partial charge is 0.0419 e. The summed E-state index contributed by atoms with van der Waals surface area (Å²) in [5.74, 6) is 0. The van der Waals surface area contributed by atoms with Crippen molar-refractivity contribution in [3.05, 3.63) is 28.8 Å². The molecule has 13 heavy (non-hydrogen) atoms. The lowest BCUT2D eigenvalue weighted by atomic mass is 10.1. The Morgan fingerprint density at radius 1 is 1.38 bits per heavy atom. The summed E-state index contributed by atoms with van der Waals surface area (Å²) in [6.45, 7) is 0.994. The van der Waals surface area contributed by atoms with Gasteiger partial charge in [0.2, 0.25) is 0 Å². The summed E-state index contributed by atoms with van der Waals surface area (Å²) in [5, 5.41) is 3.95. The summed E-state index contributed by atoms with van der Waals surface area (Å²) in [7, 11) is 1.96. The number of hydrogen-bond donors (Lipinski definition) is 1. The van der Waals surface area contributed by atoms with Crippen molar-refractivity contribution in [3.63, 3.8) is 0 Å². The van der Waals surface area contributed by atoms with Gasteiger partial charge in [0.25, 0.3) is 0 Å². The molecule has 1 aromatic rings. The zero-order valence-corrected chi connectivity index (χ0v) is 9.50. The molecule has 1 rings (SSSR count). The van der Waals surface area contributed by atoms with E-state index < -0.39 is 0 Å². The van der Waals surface area contributed by atoms with Crippen LogP contribution in [-0.2, 0) is 6.42 Å².